The second-order valence-electron chi connectivity index (χ2n) is 6.51. The number of aliphatic hydroxyl groups is 2. The molecule has 2 heteroatoms. The lowest BCUT2D eigenvalue weighted by atomic mass is 9.67. The van der Waals surface area contributed by atoms with Crippen molar-refractivity contribution in [1.82, 2.24) is 0 Å². The van der Waals surface area contributed by atoms with Gasteiger partial charge in [-0.15, -0.1) is 0 Å². The van der Waals surface area contributed by atoms with Gasteiger partial charge in [-0.25, -0.2) is 0 Å². The summed E-state index contributed by atoms with van der Waals surface area (Å²) in [6.07, 6.45) is 12.0. The largest absolute Gasteiger partial charge is 0.365 e. The predicted octanol–water partition coefficient (Wildman–Crippen LogP) is 5.41. The van der Waals surface area contributed by atoms with E-state index in [2.05, 4.69) is 27.7 Å². The van der Waals surface area contributed by atoms with E-state index >= 15 is 0 Å². The normalized spacial score (nSPS) is 12.9. The number of hydrogen-bond donors (Lipinski definition) is 2. The molecule has 0 aliphatic heterocycles. The third-order valence-corrected chi connectivity index (χ3v) is 4.75. The molecule has 0 aliphatic carbocycles. The molecule has 20 heavy (non-hydrogen) atoms. The average Bonchev–Trinajstić information content (AvgIpc) is 2.44. The van der Waals surface area contributed by atoms with E-state index in [1.165, 1.54) is 0 Å². The number of hydrogen-bond acceptors (Lipinski definition) is 2. The van der Waals surface area contributed by atoms with Crippen LogP contribution in [-0.2, 0) is 0 Å². The summed E-state index contributed by atoms with van der Waals surface area (Å²) in [5, 5.41) is 21.6. The summed E-state index contributed by atoms with van der Waals surface area (Å²) in [5.41, 5.74) is -0.287. The van der Waals surface area contributed by atoms with Crippen molar-refractivity contribution in [2.45, 2.75) is 111 Å². The lowest BCUT2D eigenvalue weighted by molar-refractivity contribution is -0.256. The molecule has 0 atom stereocenters. The van der Waals surface area contributed by atoms with Gasteiger partial charge in [0.2, 0.25) is 0 Å². The predicted molar refractivity (Wildman–Crippen MR) is 87.7 cm³/mol. The van der Waals surface area contributed by atoms with Gasteiger partial charge < -0.3 is 10.2 Å². The zero-order valence-corrected chi connectivity index (χ0v) is 14.4. The molecule has 0 spiro atoms. The van der Waals surface area contributed by atoms with Crippen molar-refractivity contribution < 1.29 is 10.2 Å². The Morgan fingerprint density at radius 3 is 1.15 bits per heavy atom. The highest BCUT2D eigenvalue weighted by Gasteiger charge is 2.46. The van der Waals surface area contributed by atoms with E-state index in [-0.39, 0.29) is 5.41 Å². The number of rotatable bonds is 13. The third-order valence-electron chi connectivity index (χ3n) is 4.75. The average molecular weight is 286 g/mol. The minimum atomic E-state index is -1.48. The molecule has 0 unspecified atom stereocenters. The molecule has 0 aromatic carbocycles. The number of unbranched alkanes of at least 4 members (excludes halogenated alkanes) is 4. The lowest BCUT2D eigenvalue weighted by Gasteiger charge is -2.45. The molecule has 0 aromatic rings. The van der Waals surface area contributed by atoms with Crippen LogP contribution in [0.15, 0.2) is 0 Å². The van der Waals surface area contributed by atoms with Crippen LogP contribution in [0.3, 0.4) is 0 Å². The molecule has 0 aromatic heterocycles. The third kappa shape index (κ3) is 6.13. The maximum absolute atomic E-state index is 10.8. The molecule has 2 N–H and O–H groups in total. The zero-order valence-electron chi connectivity index (χ0n) is 14.4. The topological polar surface area (TPSA) is 40.5 Å². The molecule has 2 nitrogen and oxygen atoms in total. The zero-order chi connectivity index (χ0) is 15.5. The summed E-state index contributed by atoms with van der Waals surface area (Å²) >= 11 is 0. The van der Waals surface area contributed by atoms with E-state index < -0.39 is 5.79 Å². The molecule has 0 saturated carbocycles. The van der Waals surface area contributed by atoms with Crippen molar-refractivity contribution in [2.24, 2.45) is 5.41 Å². The first-order chi connectivity index (χ1) is 9.49. The first-order valence-corrected chi connectivity index (χ1v) is 8.94. The fraction of sp³-hybridized carbons (Fsp3) is 1.00. The van der Waals surface area contributed by atoms with Crippen LogP contribution >= 0.6 is 0 Å². The van der Waals surface area contributed by atoms with Crippen molar-refractivity contribution >= 4 is 0 Å². The monoisotopic (exact) mass is 286 g/mol. The highest BCUT2D eigenvalue weighted by Crippen LogP contribution is 2.46. The van der Waals surface area contributed by atoms with Gasteiger partial charge in [-0.2, -0.15) is 0 Å². The second kappa shape index (κ2) is 10.6. The van der Waals surface area contributed by atoms with Gasteiger partial charge in [0.25, 0.3) is 0 Å². The van der Waals surface area contributed by atoms with Crippen molar-refractivity contribution in [1.29, 1.82) is 0 Å². The van der Waals surface area contributed by atoms with Gasteiger partial charge in [-0.1, -0.05) is 72.6 Å². The molecule has 0 aliphatic rings. The molecule has 0 amide bonds. The summed E-state index contributed by atoms with van der Waals surface area (Å²) in [6, 6.07) is 0. The van der Waals surface area contributed by atoms with E-state index in [0.29, 0.717) is 6.42 Å². The molecule has 0 bridgehead atoms. The van der Waals surface area contributed by atoms with Gasteiger partial charge in [0, 0.05) is 11.8 Å². The Labute approximate surface area is 127 Å². The highest BCUT2D eigenvalue weighted by molar-refractivity contribution is 4.91. The molecule has 0 fully saturated rings. The Balaban J connectivity index is 5.08. The molecule has 0 radical (unpaired) electrons. The van der Waals surface area contributed by atoms with Crippen LogP contribution in [-0.4, -0.2) is 16.0 Å². The van der Waals surface area contributed by atoms with Crippen molar-refractivity contribution in [3.8, 4) is 0 Å². The van der Waals surface area contributed by atoms with Gasteiger partial charge in [0.1, 0.15) is 0 Å². The standard InChI is InChI=1S/C18H38O2/c1-5-9-13-17(14-10-6-2,15-11-7-3)18(19,20)16-12-8-4/h19-20H,5-16H2,1-4H3. The maximum Gasteiger partial charge on any atom is 0.168 e. The first kappa shape index (κ1) is 19.9. The van der Waals surface area contributed by atoms with Crippen LogP contribution in [0.25, 0.3) is 0 Å². The Kier molecular flexibility index (Phi) is 10.6. The van der Waals surface area contributed by atoms with E-state index in [1.807, 2.05) is 0 Å². The summed E-state index contributed by atoms with van der Waals surface area (Å²) in [7, 11) is 0. The first-order valence-electron chi connectivity index (χ1n) is 8.94. The Bertz CT molecular complexity index is 202. The van der Waals surface area contributed by atoms with Crippen molar-refractivity contribution in [2.75, 3.05) is 0 Å². The van der Waals surface area contributed by atoms with Crippen LogP contribution in [0, 0.1) is 5.41 Å². The van der Waals surface area contributed by atoms with Gasteiger partial charge in [-0.3, -0.25) is 0 Å². The summed E-state index contributed by atoms with van der Waals surface area (Å²) in [6.45, 7) is 8.68. The summed E-state index contributed by atoms with van der Waals surface area (Å²) in [5.74, 6) is -1.48. The molecule has 0 saturated heterocycles. The van der Waals surface area contributed by atoms with E-state index in [4.69, 9.17) is 0 Å². The molecular formula is C18H38O2. The summed E-state index contributed by atoms with van der Waals surface area (Å²) in [4.78, 5) is 0. The minimum Gasteiger partial charge on any atom is -0.365 e. The molecule has 0 heterocycles. The van der Waals surface area contributed by atoms with Gasteiger partial charge in [-0.05, 0) is 25.7 Å². The molecule has 122 valence electrons. The van der Waals surface area contributed by atoms with Gasteiger partial charge in [0.15, 0.2) is 5.79 Å². The molecular weight excluding hydrogens is 248 g/mol. The van der Waals surface area contributed by atoms with Crippen LogP contribution in [0.5, 0.6) is 0 Å². The highest BCUT2D eigenvalue weighted by atomic mass is 16.5. The SMILES string of the molecule is CCCCC(O)(O)C(CCCC)(CCCC)CCCC. The maximum atomic E-state index is 10.8. The quantitative estimate of drug-likeness (QED) is 0.444. The van der Waals surface area contributed by atoms with Crippen LogP contribution in [0.4, 0.5) is 0 Å². The second-order valence-corrected chi connectivity index (χ2v) is 6.51. The fourth-order valence-corrected chi connectivity index (χ4v) is 3.21. The van der Waals surface area contributed by atoms with E-state index in [1.54, 1.807) is 0 Å². The van der Waals surface area contributed by atoms with Crippen LogP contribution in [0.1, 0.15) is 105 Å². The Morgan fingerprint density at radius 2 is 0.850 bits per heavy atom. The van der Waals surface area contributed by atoms with Crippen LogP contribution < -0.4 is 0 Å². The van der Waals surface area contributed by atoms with E-state index in [0.717, 1.165) is 70.6 Å². The van der Waals surface area contributed by atoms with Crippen molar-refractivity contribution in [3.05, 3.63) is 0 Å². The lowest BCUT2D eigenvalue weighted by Crippen LogP contribution is -2.48. The van der Waals surface area contributed by atoms with Gasteiger partial charge >= 0.3 is 0 Å². The van der Waals surface area contributed by atoms with Crippen LogP contribution in [0.2, 0.25) is 0 Å². The summed E-state index contributed by atoms with van der Waals surface area (Å²) < 4.78 is 0. The van der Waals surface area contributed by atoms with Crippen molar-refractivity contribution in [3.63, 3.8) is 0 Å². The van der Waals surface area contributed by atoms with Gasteiger partial charge in [0.05, 0.1) is 0 Å². The van der Waals surface area contributed by atoms with E-state index in [9.17, 15) is 10.2 Å². The minimum absolute atomic E-state index is 0.287. The Morgan fingerprint density at radius 1 is 0.550 bits per heavy atom. The fourth-order valence-electron chi connectivity index (χ4n) is 3.21. The Hall–Kier alpha value is -0.0800. The smallest absolute Gasteiger partial charge is 0.168 e. The molecule has 0 rings (SSSR count).